The third kappa shape index (κ3) is 5.02. The van der Waals surface area contributed by atoms with Crippen molar-refractivity contribution in [2.45, 2.75) is 26.1 Å². The molecule has 1 fully saturated rings. The highest BCUT2D eigenvalue weighted by molar-refractivity contribution is 5.82. The zero-order chi connectivity index (χ0) is 24.2. The Labute approximate surface area is 204 Å². The molecule has 0 aliphatic carbocycles. The molecule has 1 aliphatic heterocycles. The summed E-state index contributed by atoms with van der Waals surface area (Å²) in [6.45, 7) is 7.34. The summed E-state index contributed by atoms with van der Waals surface area (Å²) in [4.78, 5) is 21.3. The summed E-state index contributed by atoms with van der Waals surface area (Å²) in [5, 5.41) is 13.5. The molecule has 0 unspecified atom stereocenters. The van der Waals surface area contributed by atoms with Crippen molar-refractivity contribution in [1.29, 1.82) is 0 Å². The van der Waals surface area contributed by atoms with Gasteiger partial charge in [0.15, 0.2) is 5.82 Å². The van der Waals surface area contributed by atoms with Gasteiger partial charge in [-0.3, -0.25) is 14.6 Å². The smallest absolute Gasteiger partial charge is 0.253 e. The van der Waals surface area contributed by atoms with Crippen LogP contribution in [0.25, 0.3) is 10.9 Å². The highest BCUT2D eigenvalue weighted by Crippen LogP contribution is 2.28. The van der Waals surface area contributed by atoms with Gasteiger partial charge in [0.1, 0.15) is 6.04 Å². The molecular formula is C26H31N7O2. The number of hydrogen-bond acceptors (Lipinski definition) is 7. The zero-order valence-electron chi connectivity index (χ0n) is 20.2. The second-order valence-electron chi connectivity index (χ2n) is 9.05. The summed E-state index contributed by atoms with van der Waals surface area (Å²) in [6.07, 6.45) is 0. The van der Waals surface area contributed by atoms with Gasteiger partial charge >= 0.3 is 0 Å². The van der Waals surface area contributed by atoms with E-state index in [9.17, 15) is 4.79 Å². The van der Waals surface area contributed by atoms with E-state index in [0.717, 1.165) is 49.2 Å². The summed E-state index contributed by atoms with van der Waals surface area (Å²) in [5.41, 5.74) is 3.77. The molecule has 1 atom stereocenters. The number of pyridine rings is 1. The number of piperazine rings is 1. The molecule has 1 saturated heterocycles. The molecule has 4 aromatic rings. The molecule has 0 saturated carbocycles. The number of nitrogens with one attached hydrogen (secondary N) is 1. The van der Waals surface area contributed by atoms with Gasteiger partial charge in [0.2, 0.25) is 0 Å². The summed E-state index contributed by atoms with van der Waals surface area (Å²) >= 11 is 0. The van der Waals surface area contributed by atoms with E-state index < -0.39 is 0 Å². The molecule has 9 nitrogen and oxygen atoms in total. The molecule has 2 aromatic carbocycles. The first-order chi connectivity index (χ1) is 17.1. The quantitative estimate of drug-likeness (QED) is 0.420. The third-order valence-corrected chi connectivity index (χ3v) is 6.74. The van der Waals surface area contributed by atoms with E-state index >= 15 is 0 Å². The maximum absolute atomic E-state index is 13.4. The van der Waals surface area contributed by atoms with Gasteiger partial charge in [0.25, 0.3) is 5.56 Å². The number of aryl methyl sites for hydroxylation is 1. The van der Waals surface area contributed by atoms with Crippen molar-refractivity contribution in [3.63, 3.8) is 0 Å². The Bertz CT molecular complexity index is 1330. The second-order valence-corrected chi connectivity index (χ2v) is 9.05. The van der Waals surface area contributed by atoms with Crippen molar-refractivity contribution in [1.82, 2.24) is 35.0 Å². The fraction of sp³-hybridized carbons (Fsp3) is 0.385. The Hall–Kier alpha value is -3.40. The van der Waals surface area contributed by atoms with Crippen LogP contribution < -0.4 is 5.56 Å². The fourth-order valence-electron chi connectivity index (χ4n) is 4.87. The van der Waals surface area contributed by atoms with Gasteiger partial charge in [0.05, 0.1) is 18.7 Å². The molecule has 1 aliphatic rings. The Balaban J connectivity index is 1.47. The Kier molecular flexibility index (Phi) is 6.98. The van der Waals surface area contributed by atoms with Crippen LogP contribution in [0.4, 0.5) is 0 Å². The standard InChI is InChI=1S/C26H31N7O2/c1-19-7-6-10-21-17-22(26(34)27-23(19)21)24(25-28-29-30-33(25)15-16-35-2)32-13-11-31(12-14-32)18-20-8-4-3-5-9-20/h3-10,17,24H,11-16,18H2,1-2H3,(H,27,34)/t24-/m0/s1. The van der Waals surface area contributed by atoms with Crippen LogP contribution in [0.3, 0.4) is 0 Å². The van der Waals surface area contributed by atoms with E-state index in [1.807, 2.05) is 37.3 Å². The molecule has 0 spiro atoms. The summed E-state index contributed by atoms with van der Waals surface area (Å²) in [6, 6.07) is 18.2. The van der Waals surface area contributed by atoms with E-state index in [1.54, 1.807) is 11.8 Å². The predicted octanol–water partition coefficient (Wildman–Crippen LogP) is 2.38. The van der Waals surface area contributed by atoms with E-state index in [2.05, 4.69) is 54.6 Å². The second kappa shape index (κ2) is 10.5. The van der Waals surface area contributed by atoms with Crippen LogP contribution in [0, 0.1) is 6.92 Å². The first kappa shape index (κ1) is 23.3. The lowest BCUT2D eigenvalue weighted by molar-refractivity contribution is 0.0984. The number of fused-ring (bicyclic) bond motifs is 1. The molecule has 1 N–H and O–H groups in total. The number of tetrazole rings is 1. The minimum absolute atomic E-state index is 0.107. The minimum atomic E-state index is -0.352. The number of H-pyrrole nitrogens is 1. The van der Waals surface area contributed by atoms with Crippen LogP contribution >= 0.6 is 0 Å². The normalized spacial score (nSPS) is 16.1. The van der Waals surface area contributed by atoms with E-state index in [1.165, 1.54) is 5.56 Å². The fourth-order valence-corrected chi connectivity index (χ4v) is 4.87. The van der Waals surface area contributed by atoms with Crippen molar-refractivity contribution in [3.05, 3.63) is 87.5 Å². The van der Waals surface area contributed by atoms with Gasteiger partial charge < -0.3 is 9.72 Å². The zero-order valence-corrected chi connectivity index (χ0v) is 20.2. The summed E-state index contributed by atoms with van der Waals surface area (Å²) in [5.74, 6) is 0.663. The Morgan fingerprint density at radius 1 is 1.06 bits per heavy atom. The lowest BCUT2D eigenvalue weighted by Gasteiger charge is -2.38. The van der Waals surface area contributed by atoms with Gasteiger partial charge in [-0.25, -0.2) is 4.68 Å². The van der Waals surface area contributed by atoms with Gasteiger partial charge in [-0.15, -0.1) is 5.10 Å². The van der Waals surface area contributed by atoms with Gasteiger partial charge in [-0.2, -0.15) is 0 Å². The molecule has 182 valence electrons. The maximum Gasteiger partial charge on any atom is 0.253 e. The van der Waals surface area contributed by atoms with Crippen LogP contribution in [-0.4, -0.2) is 74.9 Å². The Morgan fingerprint density at radius 2 is 1.86 bits per heavy atom. The van der Waals surface area contributed by atoms with Crippen LogP contribution in [-0.2, 0) is 17.8 Å². The van der Waals surface area contributed by atoms with Crippen LogP contribution in [0.5, 0.6) is 0 Å². The minimum Gasteiger partial charge on any atom is -0.383 e. The predicted molar refractivity (Wildman–Crippen MR) is 134 cm³/mol. The molecule has 5 rings (SSSR count). The van der Waals surface area contributed by atoms with E-state index in [0.29, 0.717) is 24.5 Å². The van der Waals surface area contributed by atoms with Gasteiger partial charge in [-0.1, -0.05) is 48.5 Å². The lowest BCUT2D eigenvalue weighted by Crippen LogP contribution is -2.48. The van der Waals surface area contributed by atoms with Gasteiger partial charge in [0, 0.05) is 45.4 Å². The number of nitrogens with zero attached hydrogens (tertiary/aromatic N) is 6. The molecule has 35 heavy (non-hydrogen) atoms. The number of aromatic nitrogens is 5. The van der Waals surface area contributed by atoms with Crippen molar-refractivity contribution < 1.29 is 4.74 Å². The maximum atomic E-state index is 13.4. The largest absolute Gasteiger partial charge is 0.383 e. The van der Waals surface area contributed by atoms with Crippen LogP contribution in [0.2, 0.25) is 0 Å². The summed E-state index contributed by atoms with van der Waals surface area (Å²) in [7, 11) is 1.66. The highest BCUT2D eigenvalue weighted by atomic mass is 16.5. The van der Waals surface area contributed by atoms with Crippen molar-refractivity contribution >= 4 is 10.9 Å². The average molecular weight is 474 g/mol. The number of ether oxygens (including phenoxy) is 1. The lowest BCUT2D eigenvalue weighted by atomic mass is 10.0. The number of methoxy groups -OCH3 is 1. The van der Waals surface area contributed by atoms with Crippen molar-refractivity contribution in [3.8, 4) is 0 Å². The number of rotatable bonds is 8. The SMILES string of the molecule is COCCn1nnnc1[C@H](c1cc2cccc(C)c2[nH]c1=O)N1CCN(Cc2ccccc2)CC1. The number of aromatic amines is 1. The molecule has 0 radical (unpaired) electrons. The van der Waals surface area contributed by atoms with Crippen molar-refractivity contribution in [2.24, 2.45) is 0 Å². The molecule has 0 bridgehead atoms. The molecular weight excluding hydrogens is 442 g/mol. The summed E-state index contributed by atoms with van der Waals surface area (Å²) < 4.78 is 7.02. The topological polar surface area (TPSA) is 92.2 Å². The molecule has 3 heterocycles. The average Bonchev–Trinajstić information content (AvgIpc) is 3.33. The molecule has 9 heteroatoms. The first-order valence-electron chi connectivity index (χ1n) is 12.0. The monoisotopic (exact) mass is 473 g/mol. The first-order valence-corrected chi connectivity index (χ1v) is 12.0. The number of hydrogen-bond donors (Lipinski definition) is 1. The van der Waals surface area contributed by atoms with Crippen LogP contribution in [0.15, 0.2) is 59.4 Å². The molecule has 2 aromatic heterocycles. The van der Waals surface area contributed by atoms with Crippen molar-refractivity contribution in [2.75, 3.05) is 39.9 Å². The number of benzene rings is 2. The van der Waals surface area contributed by atoms with Gasteiger partial charge in [-0.05, 0) is 39.9 Å². The third-order valence-electron chi connectivity index (χ3n) is 6.74. The van der Waals surface area contributed by atoms with E-state index in [4.69, 9.17) is 4.74 Å². The highest BCUT2D eigenvalue weighted by Gasteiger charge is 2.32. The molecule has 0 amide bonds. The Morgan fingerprint density at radius 3 is 2.63 bits per heavy atom. The van der Waals surface area contributed by atoms with Crippen LogP contribution in [0.1, 0.15) is 28.6 Å². The number of para-hydroxylation sites is 1. The van der Waals surface area contributed by atoms with E-state index in [-0.39, 0.29) is 11.6 Å².